The summed E-state index contributed by atoms with van der Waals surface area (Å²) in [6, 6.07) is 6.49. The van der Waals surface area contributed by atoms with Gasteiger partial charge in [0, 0.05) is 18.7 Å². The van der Waals surface area contributed by atoms with Crippen molar-refractivity contribution < 1.29 is 14.2 Å². The SMILES string of the molecule is CC(C)(C)CNCC(O)COCc1ccccc1F. The molecule has 19 heavy (non-hydrogen) atoms. The summed E-state index contributed by atoms with van der Waals surface area (Å²) < 4.78 is 18.6. The molecule has 3 nitrogen and oxygen atoms in total. The van der Waals surface area contributed by atoms with Gasteiger partial charge in [0.05, 0.1) is 19.3 Å². The average molecular weight is 269 g/mol. The van der Waals surface area contributed by atoms with Crippen LogP contribution in [0, 0.1) is 11.2 Å². The van der Waals surface area contributed by atoms with Crippen LogP contribution in [0.5, 0.6) is 0 Å². The lowest BCUT2D eigenvalue weighted by molar-refractivity contribution is 0.0271. The maximum Gasteiger partial charge on any atom is 0.128 e. The van der Waals surface area contributed by atoms with Crippen molar-refractivity contribution in [2.75, 3.05) is 19.7 Å². The lowest BCUT2D eigenvalue weighted by Crippen LogP contribution is -2.35. The monoisotopic (exact) mass is 269 g/mol. The van der Waals surface area contributed by atoms with Crippen molar-refractivity contribution in [1.29, 1.82) is 0 Å². The van der Waals surface area contributed by atoms with Gasteiger partial charge in [0.1, 0.15) is 5.82 Å². The molecule has 0 aliphatic carbocycles. The van der Waals surface area contributed by atoms with Gasteiger partial charge in [-0.3, -0.25) is 0 Å². The first-order valence-corrected chi connectivity index (χ1v) is 6.58. The number of aliphatic hydroxyl groups is 1. The van der Waals surface area contributed by atoms with E-state index in [0.29, 0.717) is 12.1 Å². The van der Waals surface area contributed by atoms with Gasteiger partial charge >= 0.3 is 0 Å². The molecule has 108 valence electrons. The Kier molecular flexibility index (Phi) is 6.42. The van der Waals surface area contributed by atoms with E-state index in [4.69, 9.17) is 4.74 Å². The summed E-state index contributed by atoms with van der Waals surface area (Å²) in [7, 11) is 0. The zero-order valence-electron chi connectivity index (χ0n) is 11.9. The van der Waals surface area contributed by atoms with Crippen molar-refractivity contribution in [3.8, 4) is 0 Å². The van der Waals surface area contributed by atoms with Crippen LogP contribution in [0.15, 0.2) is 24.3 Å². The lowest BCUT2D eigenvalue weighted by atomic mass is 9.97. The summed E-state index contributed by atoms with van der Waals surface area (Å²) in [5.41, 5.74) is 0.700. The molecule has 1 aromatic carbocycles. The molecule has 0 fully saturated rings. The van der Waals surface area contributed by atoms with Gasteiger partial charge in [-0.25, -0.2) is 4.39 Å². The van der Waals surface area contributed by atoms with Gasteiger partial charge in [-0.05, 0) is 11.5 Å². The van der Waals surface area contributed by atoms with Crippen LogP contribution < -0.4 is 5.32 Å². The minimum absolute atomic E-state index is 0.184. The number of rotatable bonds is 7. The van der Waals surface area contributed by atoms with Gasteiger partial charge in [-0.1, -0.05) is 39.0 Å². The van der Waals surface area contributed by atoms with Gasteiger partial charge in [0.2, 0.25) is 0 Å². The largest absolute Gasteiger partial charge is 0.389 e. The molecule has 0 saturated carbocycles. The molecule has 0 heterocycles. The van der Waals surface area contributed by atoms with Crippen LogP contribution >= 0.6 is 0 Å². The summed E-state index contributed by atoms with van der Waals surface area (Å²) in [6.07, 6.45) is -0.575. The van der Waals surface area contributed by atoms with Crippen molar-refractivity contribution in [3.63, 3.8) is 0 Å². The van der Waals surface area contributed by atoms with Crippen LogP contribution in [0.2, 0.25) is 0 Å². The second-order valence-corrected chi connectivity index (χ2v) is 5.95. The highest BCUT2D eigenvalue weighted by molar-refractivity contribution is 5.16. The van der Waals surface area contributed by atoms with Crippen molar-refractivity contribution in [2.45, 2.75) is 33.5 Å². The molecule has 1 rings (SSSR count). The summed E-state index contributed by atoms with van der Waals surface area (Å²) in [4.78, 5) is 0. The molecule has 0 amide bonds. The molecule has 0 radical (unpaired) electrons. The Labute approximate surface area is 114 Å². The molecule has 0 aromatic heterocycles. The number of hydrogen-bond donors (Lipinski definition) is 2. The first kappa shape index (κ1) is 16.1. The summed E-state index contributed by atoms with van der Waals surface area (Å²) in [6.45, 7) is 8.07. The van der Waals surface area contributed by atoms with E-state index in [1.54, 1.807) is 18.2 Å². The van der Waals surface area contributed by atoms with Gasteiger partial charge < -0.3 is 15.2 Å². The van der Waals surface area contributed by atoms with E-state index in [9.17, 15) is 9.50 Å². The number of benzene rings is 1. The normalized spacial score (nSPS) is 13.5. The van der Waals surface area contributed by atoms with E-state index >= 15 is 0 Å². The molecule has 0 bridgehead atoms. The van der Waals surface area contributed by atoms with Crippen LogP contribution in [-0.4, -0.2) is 30.9 Å². The molecule has 1 aromatic rings. The minimum atomic E-state index is -0.575. The van der Waals surface area contributed by atoms with Crippen LogP contribution in [0.25, 0.3) is 0 Å². The van der Waals surface area contributed by atoms with E-state index in [1.165, 1.54) is 6.07 Å². The van der Waals surface area contributed by atoms with Gasteiger partial charge in [0.15, 0.2) is 0 Å². The summed E-state index contributed by atoms with van der Waals surface area (Å²) >= 11 is 0. The third kappa shape index (κ3) is 7.25. The van der Waals surface area contributed by atoms with Crippen molar-refractivity contribution >= 4 is 0 Å². The van der Waals surface area contributed by atoms with Gasteiger partial charge in [-0.2, -0.15) is 0 Å². The Morgan fingerprint density at radius 3 is 2.63 bits per heavy atom. The predicted molar refractivity (Wildman–Crippen MR) is 74.4 cm³/mol. The van der Waals surface area contributed by atoms with E-state index in [-0.39, 0.29) is 24.4 Å². The van der Waals surface area contributed by atoms with E-state index < -0.39 is 6.10 Å². The molecule has 1 atom stereocenters. The predicted octanol–water partition coefficient (Wildman–Crippen LogP) is 2.34. The average Bonchev–Trinajstić information content (AvgIpc) is 2.30. The Bertz CT molecular complexity index is 377. The molecular weight excluding hydrogens is 245 g/mol. The Morgan fingerprint density at radius 2 is 2.00 bits per heavy atom. The highest BCUT2D eigenvalue weighted by Crippen LogP contribution is 2.10. The van der Waals surface area contributed by atoms with Crippen LogP contribution in [0.3, 0.4) is 0 Å². The fourth-order valence-electron chi connectivity index (χ4n) is 1.59. The van der Waals surface area contributed by atoms with E-state index in [0.717, 1.165) is 6.54 Å². The Morgan fingerprint density at radius 1 is 1.32 bits per heavy atom. The Hall–Kier alpha value is -0.970. The first-order chi connectivity index (χ1) is 8.88. The first-order valence-electron chi connectivity index (χ1n) is 6.58. The maximum absolute atomic E-state index is 13.3. The van der Waals surface area contributed by atoms with Crippen LogP contribution in [0.1, 0.15) is 26.3 Å². The summed E-state index contributed by atoms with van der Waals surface area (Å²) in [5, 5.41) is 12.9. The zero-order chi connectivity index (χ0) is 14.3. The lowest BCUT2D eigenvalue weighted by Gasteiger charge is -2.20. The van der Waals surface area contributed by atoms with E-state index in [2.05, 4.69) is 26.1 Å². The highest BCUT2D eigenvalue weighted by Gasteiger charge is 2.11. The number of halogens is 1. The highest BCUT2D eigenvalue weighted by atomic mass is 19.1. The second-order valence-electron chi connectivity index (χ2n) is 5.95. The molecule has 1 unspecified atom stereocenters. The number of hydrogen-bond acceptors (Lipinski definition) is 3. The topological polar surface area (TPSA) is 41.5 Å². The molecule has 0 aliphatic heterocycles. The second kappa shape index (κ2) is 7.58. The maximum atomic E-state index is 13.3. The molecule has 0 spiro atoms. The molecular formula is C15H24FNO2. The quantitative estimate of drug-likeness (QED) is 0.798. The van der Waals surface area contributed by atoms with Crippen molar-refractivity contribution in [2.24, 2.45) is 5.41 Å². The number of nitrogens with one attached hydrogen (secondary N) is 1. The third-order valence-corrected chi connectivity index (χ3v) is 2.56. The number of aliphatic hydroxyl groups excluding tert-OH is 1. The molecule has 0 saturated heterocycles. The fraction of sp³-hybridized carbons (Fsp3) is 0.600. The van der Waals surface area contributed by atoms with Crippen molar-refractivity contribution in [1.82, 2.24) is 5.32 Å². The van der Waals surface area contributed by atoms with Crippen LogP contribution in [-0.2, 0) is 11.3 Å². The fourth-order valence-corrected chi connectivity index (χ4v) is 1.59. The van der Waals surface area contributed by atoms with Gasteiger partial charge in [-0.15, -0.1) is 0 Å². The molecule has 0 aliphatic rings. The zero-order valence-corrected chi connectivity index (χ0v) is 11.9. The third-order valence-electron chi connectivity index (χ3n) is 2.56. The Balaban J connectivity index is 2.17. The summed E-state index contributed by atoms with van der Waals surface area (Å²) in [5.74, 6) is -0.275. The van der Waals surface area contributed by atoms with Gasteiger partial charge in [0.25, 0.3) is 0 Å². The number of ether oxygens (including phenoxy) is 1. The minimum Gasteiger partial charge on any atom is -0.389 e. The smallest absolute Gasteiger partial charge is 0.128 e. The molecule has 2 N–H and O–H groups in total. The molecule has 4 heteroatoms. The standard InChI is InChI=1S/C15H24FNO2/c1-15(2,3)11-17-8-13(18)10-19-9-12-6-4-5-7-14(12)16/h4-7,13,17-18H,8-11H2,1-3H3. The van der Waals surface area contributed by atoms with Crippen molar-refractivity contribution in [3.05, 3.63) is 35.6 Å². The van der Waals surface area contributed by atoms with Crippen LogP contribution in [0.4, 0.5) is 4.39 Å². The van der Waals surface area contributed by atoms with E-state index in [1.807, 2.05) is 0 Å².